The highest BCUT2D eigenvalue weighted by atomic mass is 15.1. The van der Waals surface area contributed by atoms with Gasteiger partial charge in [-0.2, -0.15) is 0 Å². The van der Waals surface area contributed by atoms with E-state index in [0.717, 1.165) is 88.7 Å². The first kappa shape index (κ1) is 26.3. The number of nitrogens with zero attached hydrogens (tertiary/aromatic N) is 2. The Balaban J connectivity index is 0.984. The van der Waals surface area contributed by atoms with Gasteiger partial charge in [0.1, 0.15) is 0 Å². The molecule has 0 radical (unpaired) electrons. The van der Waals surface area contributed by atoms with Gasteiger partial charge in [0, 0.05) is 33.5 Å². The van der Waals surface area contributed by atoms with E-state index < -0.39 is 24.2 Å². The van der Waals surface area contributed by atoms with Crippen molar-refractivity contribution >= 4 is 60.4 Å². The molecule has 0 atom stereocenters. The van der Waals surface area contributed by atoms with Crippen molar-refractivity contribution in [1.29, 1.82) is 0 Å². The van der Waals surface area contributed by atoms with Crippen molar-refractivity contribution in [2.75, 3.05) is 4.90 Å². The molecule has 0 fully saturated rings. The molecule has 0 saturated heterocycles. The third-order valence-electron chi connectivity index (χ3n) is 11.8. The van der Waals surface area contributed by atoms with Crippen LogP contribution in [0, 0.1) is 6.92 Å². The van der Waals surface area contributed by atoms with Crippen LogP contribution in [0.5, 0.6) is 0 Å². The Labute approximate surface area is 354 Å². The molecule has 1 aliphatic rings. The fourth-order valence-electron chi connectivity index (χ4n) is 8.90. The van der Waals surface area contributed by atoms with Gasteiger partial charge in [-0.3, -0.25) is 0 Å². The molecule has 0 spiro atoms. The molecule has 2 heteroatoms. The summed E-state index contributed by atoms with van der Waals surface area (Å²) in [6, 6.07) is 54.4. The molecule has 11 aromatic rings. The number of aromatic nitrogens is 1. The lowest BCUT2D eigenvalue weighted by Crippen LogP contribution is -2.12. The van der Waals surface area contributed by atoms with Crippen molar-refractivity contribution in [3.05, 3.63) is 218 Å². The van der Waals surface area contributed by atoms with E-state index in [1.54, 1.807) is 4.57 Å². The van der Waals surface area contributed by atoms with Gasteiger partial charge >= 0.3 is 0 Å². The Kier molecular flexibility index (Phi) is 5.88. The van der Waals surface area contributed by atoms with Crippen molar-refractivity contribution in [3.8, 4) is 50.2 Å². The highest BCUT2D eigenvalue weighted by Gasteiger charge is 2.25. The molecule has 276 valence electrons. The number of aryl methyl sites for hydroxylation is 1. The maximum Gasteiger partial charge on any atom is 0.0645 e. The van der Waals surface area contributed by atoms with Crippen LogP contribution in [0.15, 0.2) is 212 Å². The lowest BCUT2D eigenvalue weighted by atomic mass is 9.78. The zero-order valence-corrected chi connectivity index (χ0v) is 32.0. The van der Waals surface area contributed by atoms with Crippen LogP contribution >= 0.6 is 0 Å². The molecule has 0 amide bonds. The minimum absolute atomic E-state index is 0.0638. The zero-order chi connectivity index (χ0) is 46.0. The van der Waals surface area contributed by atoms with Gasteiger partial charge < -0.3 is 9.47 Å². The number of fused-ring (bicyclic) bond motifs is 9. The lowest BCUT2D eigenvalue weighted by Gasteiger charge is -2.29. The van der Waals surface area contributed by atoms with Crippen LogP contribution in [0.3, 0.4) is 0 Å². The predicted octanol–water partition coefficient (Wildman–Crippen LogP) is 15.8. The van der Waals surface area contributed by atoms with Crippen LogP contribution in [-0.4, -0.2) is 4.57 Å². The maximum absolute atomic E-state index is 8.96. The Hall–Kier alpha value is -7.68. The number of anilines is 3. The van der Waals surface area contributed by atoms with Gasteiger partial charge in [0.25, 0.3) is 0 Å². The molecule has 0 N–H and O–H groups in total. The molecule has 1 aromatic heterocycles. The first-order chi connectivity index (χ1) is 32.5. The summed E-state index contributed by atoms with van der Waals surface area (Å²) in [5.74, 6) is 0. The molecule has 0 unspecified atom stereocenters. The SMILES string of the molecule is [2H]c1c([2H])c([2H])c2c(c1[2H])c1c([2H])c([2H])c([2H])c([2H])c1n2-c1ccc2cc3c(cc2c1)-c1cc2ccc(N(c4cccc(-c5ccccc5)c4)c4cc(-c5ccccc5)ccc4C)cc2cc1-3. The molecule has 0 aliphatic heterocycles. The summed E-state index contributed by atoms with van der Waals surface area (Å²) in [5, 5.41) is 4.19. The zero-order valence-electron chi connectivity index (χ0n) is 40.0. The second-order valence-electron chi connectivity index (χ2n) is 15.3. The number of para-hydroxylation sites is 2. The number of hydrogen-bond donors (Lipinski definition) is 0. The molecule has 59 heavy (non-hydrogen) atoms. The van der Waals surface area contributed by atoms with E-state index in [2.05, 4.69) is 145 Å². The second-order valence-corrected chi connectivity index (χ2v) is 15.3. The molecular weight excluding hydrogens is 713 g/mol. The van der Waals surface area contributed by atoms with E-state index in [4.69, 9.17) is 11.0 Å². The lowest BCUT2D eigenvalue weighted by molar-refractivity contribution is 1.19. The molecule has 1 heterocycles. The Morgan fingerprint density at radius 1 is 0.407 bits per heavy atom. The third-order valence-corrected chi connectivity index (χ3v) is 11.8. The normalized spacial score (nSPS) is 13.7. The second kappa shape index (κ2) is 13.2. The summed E-state index contributed by atoms with van der Waals surface area (Å²) < 4.78 is 71.0. The van der Waals surface area contributed by atoms with Crippen molar-refractivity contribution in [1.82, 2.24) is 4.57 Å². The average molecular weight is 759 g/mol. The Morgan fingerprint density at radius 2 is 0.932 bits per heavy atom. The summed E-state index contributed by atoms with van der Waals surface area (Å²) in [6.45, 7) is 2.16. The molecule has 12 rings (SSSR count). The topological polar surface area (TPSA) is 8.17 Å². The minimum Gasteiger partial charge on any atom is -0.310 e. The third kappa shape index (κ3) is 5.41. The van der Waals surface area contributed by atoms with Crippen molar-refractivity contribution in [2.45, 2.75) is 6.92 Å². The monoisotopic (exact) mass is 758 g/mol. The van der Waals surface area contributed by atoms with Gasteiger partial charge in [-0.25, -0.2) is 0 Å². The Bertz CT molecular complexity index is 3840. The maximum atomic E-state index is 8.96. The molecule has 1 aliphatic carbocycles. The van der Waals surface area contributed by atoms with E-state index in [0.29, 0.717) is 5.69 Å². The fourth-order valence-corrected chi connectivity index (χ4v) is 8.90. The molecular formula is C57H38N2. The first-order valence-electron chi connectivity index (χ1n) is 23.8. The van der Waals surface area contributed by atoms with Gasteiger partial charge in [-0.15, -0.1) is 0 Å². The number of benzene rings is 10. The van der Waals surface area contributed by atoms with Crippen molar-refractivity contribution in [2.24, 2.45) is 0 Å². The van der Waals surface area contributed by atoms with E-state index in [9.17, 15) is 0 Å². The van der Waals surface area contributed by atoms with Gasteiger partial charge in [-0.1, -0.05) is 133 Å². The molecule has 2 nitrogen and oxygen atoms in total. The molecule has 0 bridgehead atoms. The van der Waals surface area contributed by atoms with Gasteiger partial charge in [0.2, 0.25) is 0 Å². The van der Waals surface area contributed by atoms with Crippen LogP contribution in [0.25, 0.3) is 93.5 Å². The summed E-state index contributed by atoms with van der Waals surface area (Å²) in [7, 11) is 0. The summed E-state index contributed by atoms with van der Waals surface area (Å²) >= 11 is 0. The predicted molar refractivity (Wildman–Crippen MR) is 251 cm³/mol. The van der Waals surface area contributed by atoms with Crippen LogP contribution in [-0.2, 0) is 0 Å². The molecule has 0 saturated carbocycles. The van der Waals surface area contributed by atoms with E-state index in [1.165, 1.54) is 0 Å². The van der Waals surface area contributed by atoms with Crippen LogP contribution in [0.1, 0.15) is 16.5 Å². The van der Waals surface area contributed by atoms with Gasteiger partial charge in [0.05, 0.1) is 22.0 Å². The largest absolute Gasteiger partial charge is 0.310 e. The van der Waals surface area contributed by atoms with Crippen molar-refractivity contribution in [3.63, 3.8) is 0 Å². The standard InChI is InChI=1S/C57H38N2/c1-37-23-24-43(39-15-6-3-7-16-39)36-57(37)58(46-18-12-17-40(29-46)38-13-4-2-5-14-38)47-27-25-41-32-51-53(34-44(41)30-47)52-33-42-26-28-48(31-45(42)35-54(51)52)59-55-21-10-8-19-49(55)50-20-9-11-22-56(50)59/h2-36H,1H3/i8D,9D,10D,11D,19D,20D,21D,22D. The number of rotatable bonds is 6. The number of hydrogen-bond acceptors (Lipinski definition) is 1. The highest BCUT2D eigenvalue weighted by molar-refractivity contribution is 6.13. The minimum atomic E-state index is -0.459. The summed E-state index contributed by atoms with van der Waals surface area (Å²) in [6.07, 6.45) is 0. The van der Waals surface area contributed by atoms with Gasteiger partial charge in [-0.05, 0) is 157 Å². The van der Waals surface area contributed by atoms with Crippen LogP contribution in [0.4, 0.5) is 17.1 Å². The fraction of sp³-hybridized carbons (Fsp3) is 0.0175. The van der Waals surface area contributed by atoms with E-state index in [1.807, 2.05) is 30.3 Å². The van der Waals surface area contributed by atoms with E-state index >= 15 is 0 Å². The van der Waals surface area contributed by atoms with Crippen LogP contribution < -0.4 is 4.90 Å². The Morgan fingerprint density at radius 3 is 1.58 bits per heavy atom. The summed E-state index contributed by atoms with van der Waals surface area (Å²) in [5.41, 5.74) is 14.1. The van der Waals surface area contributed by atoms with Gasteiger partial charge in [0.15, 0.2) is 0 Å². The quantitative estimate of drug-likeness (QED) is 0.164. The smallest absolute Gasteiger partial charge is 0.0645 e. The summed E-state index contributed by atoms with van der Waals surface area (Å²) in [4.78, 5) is 2.36. The molecule has 10 aromatic carbocycles. The van der Waals surface area contributed by atoms with Crippen molar-refractivity contribution < 1.29 is 11.0 Å². The van der Waals surface area contributed by atoms with Crippen LogP contribution in [0.2, 0.25) is 0 Å². The first-order valence-corrected chi connectivity index (χ1v) is 19.8. The average Bonchev–Trinajstić information content (AvgIpc) is 3.73. The van der Waals surface area contributed by atoms with E-state index in [-0.39, 0.29) is 46.0 Å². The highest BCUT2D eigenvalue weighted by Crippen LogP contribution is 2.51.